The first-order valence-corrected chi connectivity index (χ1v) is 8.48. The Morgan fingerprint density at radius 1 is 1.17 bits per heavy atom. The van der Waals surface area contributed by atoms with Crippen molar-refractivity contribution in [3.05, 3.63) is 75.3 Å². The van der Waals surface area contributed by atoms with Gasteiger partial charge in [0.25, 0.3) is 5.91 Å². The van der Waals surface area contributed by atoms with Crippen LogP contribution in [-0.2, 0) is 4.79 Å². The van der Waals surface area contributed by atoms with Crippen LogP contribution in [0.15, 0.2) is 64.8 Å². The lowest BCUT2D eigenvalue weighted by Crippen LogP contribution is -2.14. The molecule has 114 valence electrons. The highest BCUT2D eigenvalue weighted by atomic mass is 79.9. The molecule has 0 spiro atoms. The van der Waals surface area contributed by atoms with Gasteiger partial charge in [-0.3, -0.25) is 9.78 Å². The molecule has 0 atom stereocenters. The van der Waals surface area contributed by atoms with Gasteiger partial charge in [-0.1, -0.05) is 34.1 Å². The number of halogens is 1. The molecule has 23 heavy (non-hydrogen) atoms. The van der Waals surface area contributed by atoms with Gasteiger partial charge in [0.05, 0.1) is 6.20 Å². The van der Waals surface area contributed by atoms with Crippen molar-refractivity contribution in [3.8, 4) is 0 Å². The van der Waals surface area contributed by atoms with Crippen LogP contribution in [0, 0.1) is 0 Å². The summed E-state index contributed by atoms with van der Waals surface area (Å²) in [6, 6.07) is 11.6. The van der Waals surface area contributed by atoms with Crippen LogP contribution in [0.4, 0.5) is 5.82 Å². The van der Waals surface area contributed by atoms with Crippen molar-refractivity contribution in [2.24, 2.45) is 0 Å². The first kappa shape index (κ1) is 15.6. The summed E-state index contributed by atoms with van der Waals surface area (Å²) in [5, 5.41) is 4.76. The number of rotatable bonds is 4. The van der Waals surface area contributed by atoms with Crippen molar-refractivity contribution in [1.82, 2.24) is 9.97 Å². The highest BCUT2D eigenvalue weighted by Gasteiger charge is 2.13. The van der Waals surface area contributed by atoms with Gasteiger partial charge < -0.3 is 5.32 Å². The van der Waals surface area contributed by atoms with Crippen LogP contribution in [0.2, 0.25) is 0 Å². The van der Waals surface area contributed by atoms with Gasteiger partial charge in [0.1, 0.15) is 0 Å². The van der Waals surface area contributed by atoms with E-state index in [0.717, 1.165) is 14.9 Å². The van der Waals surface area contributed by atoms with Gasteiger partial charge in [-0.2, -0.15) is 0 Å². The highest BCUT2D eigenvalue weighted by Crippen LogP contribution is 2.24. The molecule has 2 heterocycles. The second-order valence-corrected chi connectivity index (χ2v) is 6.52. The number of carbonyl (C=O) groups is 1. The van der Waals surface area contributed by atoms with E-state index in [2.05, 4.69) is 31.2 Å². The molecule has 0 aliphatic carbocycles. The molecule has 0 aliphatic rings. The van der Waals surface area contributed by atoms with Crippen LogP contribution in [0.25, 0.3) is 11.6 Å². The zero-order valence-corrected chi connectivity index (χ0v) is 14.3. The largest absolute Gasteiger partial charge is 0.305 e. The van der Waals surface area contributed by atoms with Gasteiger partial charge in [-0.25, -0.2) is 4.98 Å². The first-order valence-electron chi connectivity index (χ1n) is 6.81. The van der Waals surface area contributed by atoms with E-state index in [9.17, 15) is 4.79 Å². The highest BCUT2D eigenvalue weighted by molar-refractivity contribution is 9.10. The molecule has 1 N–H and O–H groups in total. The monoisotopic (exact) mass is 385 g/mol. The summed E-state index contributed by atoms with van der Waals surface area (Å²) in [5.74, 6) is 0.202. The van der Waals surface area contributed by atoms with E-state index in [0.29, 0.717) is 11.4 Å². The number of thiophene rings is 1. The predicted octanol–water partition coefficient (Wildman–Crippen LogP) is 4.48. The molecule has 0 saturated carbocycles. The second kappa shape index (κ2) is 7.30. The van der Waals surface area contributed by atoms with Gasteiger partial charge in [-0.15, -0.1) is 11.3 Å². The molecule has 3 aromatic rings. The Balaban J connectivity index is 1.95. The smallest absolute Gasteiger partial charge is 0.257 e. The van der Waals surface area contributed by atoms with E-state index >= 15 is 0 Å². The van der Waals surface area contributed by atoms with Crippen molar-refractivity contribution in [3.63, 3.8) is 0 Å². The molecule has 1 amide bonds. The Morgan fingerprint density at radius 2 is 2.00 bits per heavy atom. The summed E-state index contributed by atoms with van der Waals surface area (Å²) in [4.78, 5) is 21.7. The van der Waals surface area contributed by atoms with Gasteiger partial charge in [-0.05, 0) is 35.2 Å². The molecular formula is C17H12BrN3OS. The molecule has 1 aromatic carbocycles. The standard InChI is InChI=1S/C17H12BrN3OS/c18-13-5-3-12(4-6-13)15(10-14-2-1-9-23-14)17(22)21-16-11-19-7-8-20-16/h1-11H,(H,20,21,22). The Morgan fingerprint density at radius 3 is 2.65 bits per heavy atom. The maximum atomic E-state index is 12.7. The van der Waals surface area contributed by atoms with Crippen molar-refractivity contribution in [2.75, 3.05) is 5.32 Å². The van der Waals surface area contributed by atoms with Crippen LogP contribution < -0.4 is 5.32 Å². The van der Waals surface area contributed by atoms with Crippen molar-refractivity contribution in [2.45, 2.75) is 0 Å². The van der Waals surface area contributed by atoms with Gasteiger partial charge >= 0.3 is 0 Å². The number of anilines is 1. The summed E-state index contributed by atoms with van der Waals surface area (Å²) in [6.45, 7) is 0. The quantitative estimate of drug-likeness (QED) is 0.673. The van der Waals surface area contributed by atoms with Crippen LogP contribution in [0.1, 0.15) is 10.4 Å². The van der Waals surface area contributed by atoms with Crippen LogP contribution in [-0.4, -0.2) is 15.9 Å². The van der Waals surface area contributed by atoms with E-state index in [4.69, 9.17) is 0 Å². The summed E-state index contributed by atoms with van der Waals surface area (Å²) in [6.07, 6.45) is 6.49. The molecule has 2 aromatic heterocycles. The van der Waals surface area contributed by atoms with Crippen molar-refractivity contribution >= 4 is 50.6 Å². The molecule has 3 rings (SSSR count). The summed E-state index contributed by atoms with van der Waals surface area (Å²) in [7, 11) is 0. The van der Waals surface area contributed by atoms with Gasteiger partial charge in [0.15, 0.2) is 5.82 Å². The molecular weight excluding hydrogens is 374 g/mol. The van der Waals surface area contributed by atoms with Crippen LogP contribution in [0.3, 0.4) is 0 Å². The summed E-state index contributed by atoms with van der Waals surface area (Å²) >= 11 is 4.99. The Hall–Kier alpha value is -2.31. The number of amides is 1. The van der Waals surface area contributed by atoms with Crippen molar-refractivity contribution < 1.29 is 4.79 Å². The third-order valence-electron chi connectivity index (χ3n) is 3.03. The van der Waals surface area contributed by atoms with Gasteiger partial charge in [0, 0.05) is 27.3 Å². The molecule has 0 saturated heterocycles. The maximum Gasteiger partial charge on any atom is 0.257 e. The Bertz CT molecular complexity index is 815. The average molecular weight is 386 g/mol. The molecule has 0 bridgehead atoms. The minimum atomic E-state index is -0.221. The molecule has 6 heteroatoms. The topological polar surface area (TPSA) is 54.9 Å². The van der Waals surface area contributed by atoms with Crippen LogP contribution >= 0.6 is 27.3 Å². The minimum absolute atomic E-state index is 0.221. The minimum Gasteiger partial charge on any atom is -0.305 e. The van der Waals surface area contributed by atoms with Crippen LogP contribution in [0.5, 0.6) is 0 Å². The van der Waals surface area contributed by atoms with E-state index in [1.807, 2.05) is 47.9 Å². The predicted molar refractivity (Wildman–Crippen MR) is 97.0 cm³/mol. The van der Waals surface area contributed by atoms with E-state index in [-0.39, 0.29) is 5.91 Å². The maximum absolute atomic E-state index is 12.7. The zero-order valence-electron chi connectivity index (χ0n) is 11.9. The molecule has 4 nitrogen and oxygen atoms in total. The fraction of sp³-hybridized carbons (Fsp3) is 0. The average Bonchev–Trinajstić information content (AvgIpc) is 3.08. The number of carbonyl (C=O) groups excluding carboxylic acids is 1. The third-order valence-corrected chi connectivity index (χ3v) is 4.38. The Labute approximate surface area is 146 Å². The lowest BCUT2D eigenvalue weighted by molar-refractivity contribution is -0.111. The van der Waals surface area contributed by atoms with Gasteiger partial charge in [0.2, 0.25) is 0 Å². The van der Waals surface area contributed by atoms with Crippen molar-refractivity contribution in [1.29, 1.82) is 0 Å². The third kappa shape index (κ3) is 4.12. The van der Waals surface area contributed by atoms with E-state index in [1.165, 1.54) is 12.4 Å². The summed E-state index contributed by atoms with van der Waals surface area (Å²) in [5.41, 5.74) is 1.41. The summed E-state index contributed by atoms with van der Waals surface area (Å²) < 4.78 is 0.964. The number of nitrogens with zero attached hydrogens (tertiary/aromatic N) is 2. The Kier molecular flexibility index (Phi) is 4.95. The zero-order chi connectivity index (χ0) is 16.1. The SMILES string of the molecule is O=C(Nc1cnccn1)C(=Cc1cccs1)c1ccc(Br)cc1. The van der Waals surface area contributed by atoms with E-state index < -0.39 is 0 Å². The number of aromatic nitrogens is 2. The lowest BCUT2D eigenvalue weighted by Gasteiger charge is -2.09. The number of hydrogen-bond donors (Lipinski definition) is 1. The lowest BCUT2D eigenvalue weighted by atomic mass is 10.0. The molecule has 0 aliphatic heterocycles. The number of hydrogen-bond acceptors (Lipinski definition) is 4. The molecule has 0 radical (unpaired) electrons. The van der Waals surface area contributed by atoms with E-state index in [1.54, 1.807) is 17.5 Å². The molecule has 0 unspecified atom stereocenters. The fourth-order valence-corrected chi connectivity index (χ4v) is 2.89. The second-order valence-electron chi connectivity index (χ2n) is 4.63. The first-order chi connectivity index (χ1) is 11.2. The number of benzene rings is 1. The normalized spacial score (nSPS) is 11.3. The molecule has 0 fully saturated rings. The fourth-order valence-electron chi connectivity index (χ4n) is 1.97. The number of nitrogens with one attached hydrogen (secondary N) is 1.